The number of nitrogens with two attached hydrogens (primary N) is 1. The molecular weight excluding hydrogens is 190 g/mol. The van der Waals surface area contributed by atoms with E-state index >= 15 is 0 Å². The highest BCUT2D eigenvalue weighted by atomic mass is 32.2. The van der Waals surface area contributed by atoms with Gasteiger partial charge in [-0.25, -0.2) is 0 Å². The van der Waals surface area contributed by atoms with Crippen LogP contribution in [-0.2, 0) is 0 Å². The first kappa shape index (κ1) is 10.8. The monoisotopic (exact) mass is 213 g/mol. The lowest BCUT2D eigenvalue weighted by molar-refractivity contribution is 0.0694. The average Bonchev–Trinajstić information content (AvgIpc) is 2.06. The van der Waals surface area contributed by atoms with Gasteiger partial charge in [0.2, 0.25) is 0 Å². The van der Waals surface area contributed by atoms with E-state index in [-0.39, 0.29) is 0 Å². The van der Waals surface area contributed by atoms with Gasteiger partial charge in [0.15, 0.2) is 0 Å². The fourth-order valence-corrected chi connectivity index (χ4v) is 5.06. The molecule has 0 aromatic rings. The van der Waals surface area contributed by atoms with Gasteiger partial charge in [0.1, 0.15) is 0 Å². The highest BCUT2D eigenvalue weighted by molar-refractivity contribution is 7.99. The van der Waals surface area contributed by atoms with E-state index in [4.69, 9.17) is 5.73 Å². The van der Waals surface area contributed by atoms with Crippen molar-refractivity contribution in [3.8, 4) is 0 Å². The van der Waals surface area contributed by atoms with E-state index in [1.165, 1.54) is 30.8 Å². The Morgan fingerprint density at radius 2 is 1.79 bits per heavy atom. The summed E-state index contributed by atoms with van der Waals surface area (Å²) < 4.78 is 0. The summed E-state index contributed by atoms with van der Waals surface area (Å²) >= 11 is 2.18. The minimum atomic E-state index is 0.599. The van der Waals surface area contributed by atoms with Crippen LogP contribution in [0.15, 0.2) is 0 Å². The minimum Gasteiger partial charge on any atom is -0.330 e. The van der Waals surface area contributed by atoms with E-state index < -0.39 is 0 Å². The Kier molecular flexibility index (Phi) is 3.13. The molecule has 82 valence electrons. The topological polar surface area (TPSA) is 26.0 Å². The number of hydrogen-bond acceptors (Lipinski definition) is 2. The zero-order valence-corrected chi connectivity index (χ0v) is 10.3. The van der Waals surface area contributed by atoms with Crippen molar-refractivity contribution in [2.75, 3.05) is 18.1 Å². The van der Waals surface area contributed by atoms with Gasteiger partial charge < -0.3 is 5.73 Å². The Hall–Kier alpha value is 0.310. The number of fused-ring (bicyclic) bond motifs is 2. The van der Waals surface area contributed by atoms with E-state index in [0.717, 1.165) is 24.3 Å². The Morgan fingerprint density at radius 1 is 1.21 bits per heavy atom. The first-order valence-electron chi connectivity index (χ1n) is 5.90. The van der Waals surface area contributed by atoms with Crippen LogP contribution in [0, 0.1) is 23.2 Å². The summed E-state index contributed by atoms with van der Waals surface area (Å²) in [5.74, 6) is 5.67. The molecule has 2 N–H and O–H groups in total. The second-order valence-electron chi connectivity index (χ2n) is 5.87. The highest BCUT2D eigenvalue weighted by Gasteiger charge is 2.42. The van der Waals surface area contributed by atoms with Crippen LogP contribution in [0.2, 0.25) is 0 Å². The largest absolute Gasteiger partial charge is 0.330 e. The molecule has 1 nitrogen and oxygen atoms in total. The normalized spacial score (nSPS) is 40.9. The quantitative estimate of drug-likeness (QED) is 0.763. The van der Waals surface area contributed by atoms with E-state index in [1.807, 2.05) is 0 Å². The average molecular weight is 213 g/mol. The van der Waals surface area contributed by atoms with Crippen molar-refractivity contribution >= 4 is 11.8 Å². The summed E-state index contributed by atoms with van der Waals surface area (Å²) in [6.45, 7) is 5.78. The third-order valence-electron chi connectivity index (χ3n) is 4.00. The van der Waals surface area contributed by atoms with Gasteiger partial charge in [0.25, 0.3) is 0 Å². The van der Waals surface area contributed by atoms with E-state index in [0.29, 0.717) is 5.41 Å². The molecule has 1 saturated heterocycles. The van der Waals surface area contributed by atoms with Crippen LogP contribution in [0.25, 0.3) is 0 Å². The maximum atomic E-state index is 5.72. The molecule has 1 aliphatic heterocycles. The van der Waals surface area contributed by atoms with Gasteiger partial charge in [-0.2, -0.15) is 11.8 Å². The van der Waals surface area contributed by atoms with Gasteiger partial charge in [0.05, 0.1) is 0 Å². The van der Waals surface area contributed by atoms with Crippen LogP contribution in [0.5, 0.6) is 0 Å². The Bertz CT molecular complexity index is 186. The zero-order chi connectivity index (χ0) is 10.2. The van der Waals surface area contributed by atoms with Crippen LogP contribution in [-0.4, -0.2) is 18.1 Å². The third-order valence-corrected chi connectivity index (χ3v) is 5.33. The SMILES string of the molecule is CC1(C)CC2CSCC(C1)C2CCN. The summed E-state index contributed by atoms with van der Waals surface area (Å²) in [6.07, 6.45) is 4.13. The lowest BCUT2D eigenvalue weighted by Gasteiger charge is -2.49. The minimum absolute atomic E-state index is 0.599. The lowest BCUT2D eigenvalue weighted by Crippen LogP contribution is -2.42. The molecule has 2 bridgehead atoms. The molecule has 0 aromatic carbocycles. The second kappa shape index (κ2) is 4.05. The van der Waals surface area contributed by atoms with Crippen molar-refractivity contribution in [2.24, 2.45) is 28.9 Å². The zero-order valence-electron chi connectivity index (χ0n) is 9.46. The fraction of sp³-hybridized carbons (Fsp3) is 1.00. The summed E-state index contributed by atoms with van der Waals surface area (Å²) in [5, 5.41) is 0. The molecular formula is C12H23NS. The van der Waals surface area contributed by atoms with Gasteiger partial charge in [-0.05, 0) is 60.5 Å². The molecule has 2 heteroatoms. The summed E-state index contributed by atoms with van der Waals surface area (Å²) in [7, 11) is 0. The number of rotatable bonds is 2. The van der Waals surface area contributed by atoms with Crippen LogP contribution in [0.1, 0.15) is 33.1 Å². The maximum absolute atomic E-state index is 5.72. The standard InChI is InChI=1S/C12H23NS/c1-12(2)5-9-7-14-8-10(6-12)11(9)3-4-13/h9-11H,3-8,13H2,1-2H3. The molecule has 0 aromatic heterocycles. The van der Waals surface area contributed by atoms with Crippen molar-refractivity contribution in [2.45, 2.75) is 33.1 Å². The molecule has 2 rings (SSSR count). The molecule has 2 atom stereocenters. The highest BCUT2D eigenvalue weighted by Crippen LogP contribution is 2.51. The van der Waals surface area contributed by atoms with Crippen molar-refractivity contribution < 1.29 is 0 Å². The Morgan fingerprint density at radius 3 is 2.29 bits per heavy atom. The van der Waals surface area contributed by atoms with Crippen LogP contribution in [0.3, 0.4) is 0 Å². The van der Waals surface area contributed by atoms with E-state index in [9.17, 15) is 0 Å². The predicted octanol–water partition coefficient (Wildman–Crippen LogP) is 2.75. The van der Waals surface area contributed by atoms with Gasteiger partial charge in [-0.15, -0.1) is 0 Å². The molecule has 2 aliphatic rings. The van der Waals surface area contributed by atoms with Crippen LogP contribution >= 0.6 is 11.8 Å². The molecule has 0 amide bonds. The van der Waals surface area contributed by atoms with Gasteiger partial charge in [-0.1, -0.05) is 13.8 Å². The lowest BCUT2D eigenvalue weighted by atomic mass is 9.62. The molecule has 2 unspecified atom stereocenters. The molecule has 0 spiro atoms. The summed E-state index contributed by atoms with van der Waals surface area (Å²) in [4.78, 5) is 0. The summed E-state index contributed by atoms with van der Waals surface area (Å²) in [5.41, 5.74) is 6.32. The summed E-state index contributed by atoms with van der Waals surface area (Å²) in [6, 6.07) is 0. The van der Waals surface area contributed by atoms with E-state index in [2.05, 4.69) is 25.6 Å². The van der Waals surface area contributed by atoms with Crippen molar-refractivity contribution in [3.05, 3.63) is 0 Å². The number of hydrogen-bond donors (Lipinski definition) is 1. The van der Waals surface area contributed by atoms with Gasteiger partial charge in [-0.3, -0.25) is 0 Å². The Balaban J connectivity index is 2.07. The smallest absolute Gasteiger partial charge is 0.00361 e. The first-order chi connectivity index (χ1) is 6.62. The maximum Gasteiger partial charge on any atom is -0.00361 e. The molecule has 1 heterocycles. The van der Waals surface area contributed by atoms with E-state index in [1.54, 1.807) is 0 Å². The fourth-order valence-electron chi connectivity index (χ4n) is 3.59. The van der Waals surface area contributed by atoms with Gasteiger partial charge >= 0.3 is 0 Å². The molecule has 1 saturated carbocycles. The number of thioether (sulfide) groups is 1. The second-order valence-corrected chi connectivity index (χ2v) is 6.95. The van der Waals surface area contributed by atoms with Crippen molar-refractivity contribution in [1.29, 1.82) is 0 Å². The third kappa shape index (κ3) is 2.11. The van der Waals surface area contributed by atoms with Crippen LogP contribution < -0.4 is 5.73 Å². The Labute approximate surface area is 92.2 Å². The van der Waals surface area contributed by atoms with Crippen molar-refractivity contribution in [1.82, 2.24) is 0 Å². The molecule has 1 aliphatic carbocycles. The first-order valence-corrected chi connectivity index (χ1v) is 7.06. The molecule has 14 heavy (non-hydrogen) atoms. The van der Waals surface area contributed by atoms with Gasteiger partial charge in [0, 0.05) is 0 Å². The molecule has 0 radical (unpaired) electrons. The predicted molar refractivity (Wildman–Crippen MR) is 64.5 cm³/mol. The van der Waals surface area contributed by atoms with Crippen LogP contribution in [0.4, 0.5) is 0 Å². The molecule has 2 fully saturated rings. The van der Waals surface area contributed by atoms with Crippen molar-refractivity contribution in [3.63, 3.8) is 0 Å².